The number of nitrogens with one attached hydrogen (secondary N) is 1. The van der Waals surface area contributed by atoms with Gasteiger partial charge in [-0.15, -0.1) is 0 Å². The second-order valence-corrected chi connectivity index (χ2v) is 3.96. The first-order valence-corrected chi connectivity index (χ1v) is 5.09. The molecule has 0 aromatic heterocycles. The molecule has 0 radical (unpaired) electrons. The van der Waals surface area contributed by atoms with Crippen LogP contribution in [-0.4, -0.2) is 25.3 Å². The van der Waals surface area contributed by atoms with Crippen molar-refractivity contribution < 1.29 is 4.74 Å². The van der Waals surface area contributed by atoms with Gasteiger partial charge in [0.25, 0.3) is 0 Å². The summed E-state index contributed by atoms with van der Waals surface area (Å²) in [6, 6.07) is 0.675. The minimum atomic E-state index is 0.418. The molecule has 0 saturated carbocycles. The molecule has 0 spiro atoms. The lowest BCUT2D eigenvalue weighted by Gasteiger charge is -2.19. The van der Waals surface area contributed by atoms with Crippen molar-refractivity contribution in [1.29, 1.82) is 0 Å². The van der Waals surface area contributed by atoms with Gasteiger partial charge in [0, 0.05) is 19.2 Å². The molecule has 1 fully saturated rings. The van der Waals surface area contributed by atoms with E-state index in [0.29, 0.717) is 18.1 Å². The van der Waals surface area contributed by atoms with Crippen molar-refractivity contribution >= 4 is 0 Å². The van der Waals surface area contributed by atoms with Crippen LogP contribution in [0.25, 0.3) is 0 Å². The minimum absolute atomic E-state index is 0.418. The Balaban J connectivity index is 2.34. The molecule has 2 nitrogen and oxygen atoms in total. The number of hydrogen-bond acceptors (Lipinski definition) is 2. The maximum Gasteiger partial charge on any atom is 0.0722 e. The van der Waals surface area contributed by atoms with E-state index >= 15 is 0 Å². The number of rotatable bonds is 2. The molecule has 1 rings (SSSR count). The van der Waals surface area contributed by atoms with Crippen molar-refractivity contribution in [1.82, 2.24) is 5.32 Å². The van der Waals surface area contributed by atoms with Gasteiger partial charge in [0.1, 0.15) is 0 Å². The van der Waals surface area contributed by atoms with Gasteiger partial charge in [0.2, 0.25) is 0 Å². The van der Waals surface area contributed by atoms with Crippen LogP contribution in [0.1, 0.15) is 33.6 Å². The van der Waals surface area contributed by atoms with Crippen molar-refractivity contribution in [3.8, 4) is 0 Å². The molecule has 2 atom stereocenters. The maximum absolute atomic E-state index is 5.73. The molecule has 2 unspecified atom stereocenters. The van der Waals surface area contributed by atoms with E-state index in [0.717, 1.165) is 13.2 Å². The summed E-state index contributed by atoms with van der Waals surface area (Å²) in [6.45, 7) is 8.62. The second kappa shape index (κ2) is 4.83. The monoisotopic (exact) mass is 171 g/mol. The summed E-state index contributed by atoms with van der Waals surface area (Å²) in [4.78, 5) is 0. The fourth-order valence-electron chi connectivity index (χ4n) is 1.58. The normalized spacial score (nSPS) is 32.0. The van der Waals surface area contributed by atoms with Gasteiger partial charge < -0.3 is 10.1 Å². The Labute approximate surface area is 75.7 Å². The topological polar surface area (TPSA) is 21.3 Å². The van der Waals surface area contributed by atoms with Crippen molar-refractivity contribution in [3.63, 3.8) is 0 Å². The van der Waals surface area contributed by atoms with Crippen molar-refractivity contribution in [2.45, 2.75) is 45.8 Å². The van der Waals surface area contributed by atoms with Crippen LogP contribution in [0.3, 0.4) is 0 Å². The predicted molar refractivity (Wildman–Crippen MR) is 51.3 cm³/mol. The first-order chi connectivity index (χ1) is 5.74. The quantitative estimate of drug-likeness (QED) is 0.684. The lowest BCUT2D eigenvalue weighted by molar-refractivity contribution is 0.0354. The number of ether oxygens (including phenoxy) is 1. The molecule has 0 aromatic carbocycles. The van der Waals surface area contributed by atoms with Crippen LogP contribution in [0.5, 0.6) is 0 Å². The summed E-state index contributed by atoms with van der Waals surface area (Å²) in [7, 11) is 0. The molecule has 2 heteroatoms. The van der Waals surface area contributed by atoms with Gasteiger partial charge in [-0.25, -0.2) is 0 Å². The molecule has 1 aliphatic heterocycles. The zero-order valence-corrected chi connectivity index (χ0v) is 8.47. The molecule has 0 bridgehead atoms. The highest BCUT2D eigenvalue weighted by Gasteiger charge is 2.19. The fraction of sp³-hybridized carbons (Fsp3) is 1.00. The Bertz CT molecular complexity index is 125. The van der Waals surface area contributed by atoms with Crippen LogP contribution in [0.15, 0.2) is 0 Å². The van der Waals surface area contributed by atoms with Crippen LogP contribution in [0, 0.1) is 5.92 Å². The molecule has 0 aliphatic carbocycles. The van der Waals surface area contributed by atoms with E-state index in [1.807, 2.05) is 0 Å². The minimum Gasteiger partial charge on any atom is -0.377 e. The van der Waals surface area contributed by atoms with E-state index in [-0.39, 0.29) is 0 Å². The molecule has 1 saturated heterocycles. The highest BCUT2D eigenvalue weighted by atomic mass is 16.5. The van der Waals surface area contributed by atoms with Crippen LogP contribution in [-0.2, 0) is 4.74 Å². The summed E-state index contributed by atoms with van der Waals surface area (Å²) >= 11 is 0. The molecular weight excluding hydrogens is 150 g/mol. The Kier molecular flexibility index (Phi) is 4.02. The summed E-state index contributed by atoms with van der Waals surface area (Å²) in [5, 5.41) is 3.54. The zero-order chi connectivity index (χ0) is 8.97. The first-order valence-electron chi connectivity index (χ1n) is 5.09. The standard InChI is InChI=1S/C10H21NO/c1-4-9-5-6-12-10(7-11-9)8(2)3/h8-11H,4-7H2,1-3H3. The fourth-order valence-corrected chi connectivity index (χ4v) is 1.58. The van der Waals surface area contributed by atoms with E-state index in [9.17, 15) is 0 Å². The van der Waals surface area contributed by atoms with Crippen LogP contribution >= 0.6 is 0 Å². The van der Waals surface area contributed by atoms with Crippen LogP contribution in [0.2, 0.25) is 0 Å². The third-order valence-electron chi connectivity index (χ3n) is 2.64. The zero-order valence-electron chi connectivity index (χ0n) is 8.47. The van der Waals surface area contributed by atoms with E-state index in [1.54, 1.807) is 0 Å². The van der Waals surface area contributed by atoms with Crippen molar-refractivity contribution in [2.24, 2.45) is 5.92 Å². The molecule has 0 amide bonds. The van der Waals surface area contributed by atoms with Gasteiger partial charge in [0.15, 0.2) is 0 Å². The van der Waals surface area contributed by atoms with Gasteiger partial charge in [-0.3, -0.25) is 0 Å². The number of hydrogen-bond donors (Lipinski definition) is 1. The summed E-state index contributed by atoms with van der Waals surface area (Å²) in [5.74, 6) is 0.633. The van der Waals surface area contributed by atoms with E-state index in [1.165, 1.54) is 12.8 Å². The van der Waals surface area contributed by atoms with Gasteiger partial charge in [-0.2, -0.15) is 0 Å². The molecule has 1 N–H and O–H groups in total. The largest absolute Gasteiger partial charge is 0.377 e. The highest BCUT2D eigenvalue weighted by molar-refractivity contribution is 4.74. The van der Waals surface area contributed by atoms with E-state index in [2.05, 4.69) is 26.1 Å². The third-order valence-corrected chi connectivity index (χ3v) is 2.64. The van der Waals surface area contributed by atoms with Crippen LogP contribution < -0.4 is 5.32 Å². The first kappa shape index (κ1) is 10.0. The summed E-state index contributed by atoms with van der Waals surface area (Å²) in [5.41, 5.74) is 0. The van der Waals surface area contributed by atoms with Gasteiger partial charge in [-0.1, -0.05) is 20.8 Å². The Morgan fingerprint density at radius 1 is 1.50 bits per heavy atom. The Morgan fingerprint density at radius 2 is 2.25 bits per heavy atom. The molecular formula is C10H21NO. The van der Waals surface area contributed by atoms with Crippen molar-refractivity contribution in [2.75, 3.05) is 13.2 Å². The summed E-state index contributed by atoms with van der Waals surface area (Å²) < 4.78 is 5.73. The SMILES string of the molecule is CCC1CCOC(C(C)C)CN1. The van der Waals surface area contributed by atoms with E-state index < -0.39 is 0 Å². The average Bonchev–Trinajstić information content (AvgIpc) is 2.28. The molecule has 0 aromatic rings. The lowest BCUT2D eigenvalue weighted by Crippen LogP contribution is -2.34. The predicted octanol–water partition coefficient (Wildman–Crippen LogP) is 1.80. The Hall–Kier alpha value is -0.0800. The molecule has 12 heavy (non-hydrogen) atoms. The summed E-state index contributed by atoms with van der Waals surface area (Å²) in [6.07, 6.45) is 2.80. The molecule has 1 heterocycles. The molecule has 72 valence electrons. The van der Waals surface area contributed by atoms with Gasteiger partial charge >= 0.3 is 0 Å². The highest BCUT2D eigenvalue weighted by Crippen LogP contribution is 2.11. The van der Waals surface area contributed by atoms with Crippen molar-refractivity contribution in [3.05, 3.63) is 0 Å². The Morgan fingerprint density at radius 3 is 2.83 bits per heavy atom. The van der Waals surface area contributed by atoms with Gasteiger partial charge in [0.05, 0.1) is 6.10 Å². The third kappa shape index (κ3) is 2.76. The lowest BCUT2D eigenvalue weighted by atomic mass is 10.1. The maximum atomic E-state index is 5.73. The second-order valence-electron chi connectivity index (χ2n) is 3.96. The van der Waals surface area contributed by atoms with Gasteiger partial charge in [-0.05, 0) is 18.8 Å². The van der Waals surface area contributed by atoms with E-state index in [4.69, 9.17) is 4.74 Å². The smallest absolute Gasteiger partial charge is 0.0722 e. The molecule has 1 aliphatic rings. The average molecular weight is 171 g/mol. The van der Waals surface area contributed by atoms with Crippen LogP contribution in [0.4, 0.5) is 0 Å².